The first-order valence-electron chi connectivity index (χ1n) is 8.89. The van der Waals surface area contributed by atoms with Gasteiger partial charge < -0.3 is 15.7 Å². The standard InChI is InChI=1S/C20H25N3OS/c1-20(24,17-8-5-9-25-17)12-23-19(21-2)22-11-16-15-10-13-6-3-4-7-14(13)18(15)16/h3-9,15-16,18,24H,10-12H2,1-2H3,(H2,21,22,23). The number of fused-ring (bicyclic) bond motifs is 3. The quantitative estimate of drug-likeness (QED) is 0.571. The molecule has 0 bridgehead atoms. The molecular formula is C20H25N3OS. The van der Waals surface area contributed by atoms with E-state index in [1.54, 1.807) is 23.9 Å². The lowest BCUT2D eigenvalue weighted by molar-refractivity contribution is 0.0655. The number of hydrogen-bond acceptors (Lipinski definition) is 3. The molecule has 2 aliphatic carbocycles. The van der Waals surface area contributed by atoms with E-state index in [9.17, 15) is 5.11 Å². The zero-order valence-corrected chi connectivity index (χ0v) is 15.5. The fraction of sp³-hybridized carbons (Fsp3) is 0.450. The molecule has 4 unspecified atom stereocenters. The molecule has 3 N–H and O–H groups in total. The summed E-state index contributed by atoms with van der Waals surface area (Å²) in [6, 6.07) is 12.8. The number of aliphatic hydroxyl groups is 1. The van der Waals surface area contributed by atoms with Gasteiger partial charge in [0.2, 0.25) is 0 Å². The Hall–Kier alpha value is -1.85. The van der Waals surface area contributed by atoms with Crippen LogP contribution in [0.3, 0.4) is 0 Å². The summed E-state index contributed by atoms with van der Waals surface area (Å²) in [6.07, 6.45) is 1.21. The van der Waals surface area contributed by atoms with E-state index in [-0.39, 0.29) is 0 Å². The largest absolute Gasteiger partial charge is 0.383 e. The van der Waals surface area contributed by atoms with E-state index >= 15 is 0 Å². The SMILES string of the molecule is CN=C(NCC1C2Cc3ccccc3C12)NCC(C)(O)c1cccs1. The summed E-state index contributed by atoms with van der Waals surface area (Å²) in [7, 11) is 1.78. The van der Waals surface area contributed by atoms with Gasteiger partial charge in [0, 0.05) is 18.5 Å². The maximum atomic E-state index is 10.6. The maximum Gasteiger partial charge on any atom is 0.191 e. The lowest BCUT2D eigenvalue weighted by Crippen LogP contribution is -2.45. The van der Waals surface area contributed by atoms with E-state index in [4.69, 9.17) is 0 Å². The van der Waals surface area contributed by atoms with Crippen LogP contribution in [0.15, 0.2) is 46.8 Å². The van der Waals surface area contributed by atoms with Crippen LogP contribution in [-0.4, -0.2) is 31.2 Å². The number of nitrogens with zero attached hydrogens (tertiary/aromatic N) is 1. The first-order valence-corrected chi connectivity index (χ1v) is 9.77. The van der Waals surface area contributed by atoms with Gasteiger partial charge in [-0.25, -0.2) is 0 Å². The predicted molar refractivity (Wildman–Crippen MR) is 103 cm³/mol. The highest BCUT2D eigenvalue weighted by Gasteiger charge is 2.54. The Morgan fingerprint density at radius 1 is 1.28 bits per heavy atom. The minimum Gasteiger partial charge on any atom is -0.383 e. The highest BCUT2D eigenvalue weighted by molar-refractivity contribution is 7.10. The third-order valence-electron chi connectivity index (χ3n) is 5.58. The molecule has 4 atom stereocenters. The van der Waals surface area contributed by atoms with Gasteiger partial charge in [-0.15, -0.1) is 11.3 Å². The molecule has 0 saturated heterocycles. The minimum absolute atomic E-state index is 0.438. The van der Waals surface area contributed by atoms with Crippen LogP contribution in [0.4, 0.5) is 0 Å². The van der Waals surface area contributed by atoms with Gasteiger partial charge in [0.05, 0.1) is 6.54 Å². The number of benzene rings is 1. The molecule has 1 fully saturated rings. The van der Waals surface area contributed by atoms with Crippen LogP contribution >= 0.6 is 11.3 Å². The van der Waals surface area contributed by atoms with Gasteiger partial charge in [-0.2, -0.15) is 0 Å². The van der Waals surface area contributed by atoms with Crippen LogP contribution in [-0.2, 0) is 12.0 Å². The molecule has 4 rings (SSSR count). The third kappa shape index (κ3) is 3.18. The average Bonchev–Trinajstić information content (AvgIpc) is 3.01. The number of thiophene rings is 1. The second-order valence-electron chi connectivity index (χ2n) is 7.31. The van der Waals surface area contributed by atoms with Gasteiger partial charge in [0.25, 0.3) is 0 Å². The van der Waals surface area contributed by atoms with Crippen LogP contribution in [0.2, 0.25) is 0 Å². The Kier molecular flexibility index (Phi) is 4.29. The molecule has 1 heterocycles. The van der Waals surface area contributed by atoms with Crippen LogP contribution in [0.25, 0.3) is 0 Å². The summed E-state index contributed by atoms with van der Waals surface area (Å²) in [5.41, 5.74) is 2.19. The van der Waals surface area contributed by atoms with E-state index in [0.29, 0.717) is 12.5 Å². The van der Waals surface area contributed by atoms with Crippen molar-refractivity contribution in [2.24, 2.45) is 16.8 Å². The molecule has 25 heavy (non-hydrogen) atoms. The molecule has 1 aromatic heterocycles. The summed E-state index contributed by atoms with van der Waals surface area (Å²) < 4.78 is 0. The van der Waals surface area contributed by atoms with E-state index in [2.05, 4.69) is 39.9 Å². The molecule has 0 aliphatic heterocycles. The first-order chi connectivity index (χ1) is 12.1. The van der Waals surface area contributed by atoms with Gasteiger partial charge in [-0.1, -0.05) is 30.3 Å². The highest BCUT2D eigenvalue weighted by atomic mass is 32.1. The Morgan fingerprint density at radius 3 is 2.88 bits per heavy atom. The van der Waals surface area contributed by atoms with Crippen molar-refractivity contribution in [1.82, 2.24) is 10.6 Å². The molecule has 2 aliphatic rings. The fourth-order valence-corrected chi connectivity index (χ4v) is 4.91. The Bertz CT molecular complexity index is 769. The van der Waals surface area contributed by atoms with Gasteiger partial charge in [-0.05, 0) is 53.7 Å². The van der Waals surface area contributed by atoms with Crippen LogP contribution < -0.4 is 10.6 Å². The Labute approximate surface area is 153 Å². The Morgan fingerprint density at radius 2 is 2.12 bits per heavy atom. The fourth-order valence-electron chi connectivity index (χ4n) is 4.13. The molecule has 0 radical (unpaired) electrons. The summed E-state index contributed by atoms with van der Waals surface area (Å²) in [5, 5.41) is 19.3. The molecule has 1 saturated carbocycles. The molecule has 4 nitrogen and oxygen atoms in total. The molecule has 5 heteroatoms. The normalized spacial score (nSPS) is 26.5. The van der Waals surface area contributed by atoms with Gasteiger partial charge >= 0.3 is 0 Å². The third-order valence-corrected chi connectivity index (χ3v) is 6.71. The van der Waals surface area contributed by atoms with Gasteiger partial charge in [0.15, 0.2) is 5.96 Å². The minimum atomic E-state index is -0.888. The molecule has 1 aromatic carbocycles. The maximum absolute atomic E-state index is 10.6. The summed E-state index contributed by atoms with van der Waals surface area (Å²) >= 11 is 1.57. The van der Waals surface area contributed by atoms with Crippen molar-refractivity contribution >= 4 is 17.3 Å². The number of nitrogens with one attached hydrogen (secondary N) is 2. The van der Waals surface area contributed by atoms with E-state index in [0.717, 1.165) is 29.2 Å². The van der Waals surface area contributed by atoms with Gasteiger partial charge in [0.1, 0.15) is 5.60 Å². The van der Waals surface area contributed by atoms with E-state index in [1.165, 1.54) is 12.0 Å². The van der Waals surface area contributed by atoms with Gasteiger partial charge in [-0.3, -0.25) is 4.99 Å². The molecule has 2 aromatic rings. The number of aliphatic imine (C=N–C) groups is 1. The molecule has 0 amide bonds. The zero-order valence-electron chi connectivity index (χ0n) is 14.7. The summed E-state index contributed by atoms with van der Waals surface area (Å²) in [6.45, 7) is 3.21. The second-order valence-corrected chi connectivity index (χ2v) is 8.26. The van der Waals surface area contributed by atoms with Crippen molar-refractivity contribution in [3.63, 3.8) is 0 Å². The molecular weight excluding hydrogens is 330 g/mol. The number of rotatable bonds is 5. The average molecular weight is 356 g/mol. The van der Waals surface area contributed by atoms with Crippen LogP contribution in [0, 0.1) is 11.8 Å². The Balaban J connectivity index is 1.29. The molecule has 132 valence electrons. The monoisotopic (exact) mass is 355 g/mol. The van der Waals surface area contributed by atoms with Crippen molar-refractivity contribution in [2.75, 3.05) is 20.1 Å². The van der Waals surface area contributed by atoms with Crippen molar-refractivity contribution < 1.29 is 5.11 Å². The first kappa shape index (κ1) is 16.6. The number of guanidine groups is 1. The lowest BCUT2D eigenvalue weighted by Gasteiger charge is -2.24. The summed E-state index contributed by atoms with van der Waals surface area (Å²) in [4.78, 5) is 5.26. The van der Waals surface area contributed by atoms with Crippen molar-refractivity contribution in [3.8, 4) is 0 Å². The van der Waals surface area contributed by atoms with Crippen LogP contribution in [0.5, 0.6) is 0 Å². The van der Waals surface area contributed by atoms with Crippen molar-refractivity contribution in [2.45, 2.75) is 24.9 Å². The highest BCUT2D eigenvalue weighted by Crippen LogP contribution is 2.60. The zero-order chi connectivity index (χ0) is 17.4. The predicted octanol–water partition coefficient (Wildman–Crippen LogP) is 2.71. The van der Waals surface area contributed by atoms with Crippen LogP contribution in [0.1, 0.15) is 28.8 Å². The van der Waals surface area contributed by atoms with E-state index in [1.807, 2.05) is 24.4 Å². The lowest BCUT2D eigenvalue weighted by atomic mass is 10.0. The topological polar surface area (TPSA) is 56.7 Å². The van der Waals surface area contributed by atoms with Crippen molar-refractivity contribution in [3.05, 3.63) is 57.8 Å². The smallest absolute Gasteiger partial charge is 0.191 e. The van der Waals surface area contributed by atoms with Crippen molar-refractivity contribution in [1.29, 1.82) is 0 Å². The second kappa shape index (κ2) is 6.46. The number of hydrogen-bond donors (Lipinski definition) is 3. The summed E-state index contributed by atoms with van der Waals surface area (Å²) in [5.74, 6) is 2.97. The molecule has 0 spiro atoms. The van der Waals surface area contributed by atoms with E-state index < -0.39 is 5.60 Å².